The fourth-order valence-electron chi connectivity index (χ4n) is 3.12. The normalized spacial score (nSPS) is 11.1. The fraction of sp³-hybridized carbons (Fsp3) is 0.0833. The number of nitrogens with two attached hydrogens (primary N) is 1. The largest absolute Gasteiger partial charge is 0.465 e. The van der Waals surface area contributed by atoms with Gasteiger partial charge in [-0.05, 0) is 54.1 Å². The molecule has 166 valence electrons. The van der Waals surface area contributed by atoms with Crippen LogP contribution in [0.25, 0.3) is 28.3 Å². The molecule has 0 atom stereocenters. The van der Waals surface area contributed by atoms with Gasteiger partial charge in [-0.2, -0.15) is 0 Å². The van der Waals surface area contributed by atoms with E-state index in [0.29, 0.717) is 33.4 Å². The van der Waals surface area contributed by atoms with E-state index >= 15 is 0 Å². The molecular weight excluding hydrogens is 444 g/mol. The Balaban J connectivity index is 1.46. The maximum atomic E-state index is 12.1. The third-order valence-corrected chi connectivity index (χ3v) is 5.06. The molecule has 0 fully saturated rings. The van der Waals surface area contributed by atoms with Gasteiger partial charge in [0.2, 0.25) is 5.91 Å². The number of anilines is 1. The van der Waals surface area contributed by atoms with Crippen LogP contribution in [0.15, 0.2) is 65.4 Å². The van der Waals surface area contributed by atoms with E-state index in [4.69, 9.17) is 21.8 Å². The molecule has 4 aromatic rings. The van der Waals surface area contributed by atoms with Gasteiger partial charge in [0.1, 0.15) is 11.6 Å². The Kier molecular flexibility index (Phi) is 6.37. The summed E-state index contributed by atoms with van der Waals surface area (Å²) in [6.07, 6.45) is 6.08. The van der Waals surface area contributed by atoms with Crippen LogP contribution in [0.3, 0.4) is 0 Å². The number of halogens is 1. The summed E-state index contributed by atoms with van der Waals surface area (Å²) in [5.74, 6) is 0.226. The molecule has 33 heavy (non-hydrogen) atoms. The van der Waals surface area contributed by atoms with Crippen LogP contribution in [0.4, 0.5) is 5.82 Å². The van der Waals surface area contributed by atoms with E-state index in [9.17, 15) is 9.59 Å². The fourth-order valence-corrected chi connectivity index (χ4v) is 3.39. The van der Waals surface area contributed by atoms with Gasteiger partial charge in [-0.3, -0.25) is 9.78 Å². The topological polar surface area (TPSA) is 120 Å². The predicted molar refractivity (Wildman–Crippen MR) is 125 cm³/mol. The Labute approximate surface area is 194 Å². The Morgan fingerprint density at radius 1 is 1.15 bits per heavy atom. The monoisotopic (exact) mass is 462 g/mol. The van der Waals surface area contributed by atoms with Gasteiger partial charge >= 0.3 is 5.97 Å². The minimum absolute atomic E-state index is 0.190. The van der Waals surface area contributed by atoms with Gasteiger partial charge in [-0.15, -0.1) is 0 Å². The third kappa shape index (κ3) is 5.19. The van der Waals surface area contributed by atoms with Crippen LogP contribution in [-0.2, 0) is 16.1 Å². The van der Waals surface area contributed by atoms with Crippen LogP contribution < -0.4 is 11.1 Å². The standard InChI is InChI=1S/C24H19ClN4O4/c1-32-24(31)15-4-5-20(27-12-15)16-8-17-9-18(33-23(17)19(25)10-16)13-29-22(30)7-3-14-2-6-21(26)28-11-14/h2-12H,13H2,1H3,(H2,26,28)(H,29,30). The van der Waals surface area contributed by atoms with Crippen molar-refractivity contribution in [3.05, 3.63) is 82.8 Å². The van der Waals surface area contributed by atoms with E-state index in [1.54, 1.807) is 48.7 Å². The van der Waals surface area contributed by atoms with Gasteiger partial charge in [0.05, 0.1) is 29.9 Å². The molecule has 0 bridgehead atoms. The molecule has 0 saturated carbocycles. The highest BCUT2D eigenvalue weighted by atomic mass is 35.5. The number of fused-ring (bicyclic) bond motifs is 1. The average Bonchev–Trinajstić information content (AvgIpc) is 3.26. The van der Waals surface area contributed by atoms with Gasteiger partial charge in [-0.1, -0.05) is 11.6 Å². The first-order chi connectivity index (χ1) is 15.9. The third-order valence-electron chi connectivity index (χ3n) is 4.78. The summed E-state index contributed by atoms with van der Waals surface area (Å²) < 4.78 is 10.5. The molecule has 0 aliphatic rings. The van der Waals surface area contributed by atoms with Gasteiger partial charge in [0.15, 0.2) is 5.58 Å². The van der Waals surface area contributed by atoms with Crippen molar-refractivity contribution in [2.24, 2.45) is 0 Å². The molecule has 1 aromatic carbocycles. The number of pyridine rings is 2. The van der Waals surface area contributed by atoms with Crippen LogP contribution in [0.2, 0.25) is 5.02 Å². The predicted octanol–water partition coefficient (Wildman–Crippen LogP) is 4.24. The number of benzene rings is 1. The Morgan fingerprint density at radius 2 is 2.00 bits per heavy atom. The zero-order chi connectivity index (χ0) is 23.4. The summed E-state index contributed by atoms with van der Waals surface area (Å²) in [6, 6.07) is 12.2. The number of ether oxygens (including phenoxy) is 1. The number of nitrogens with one attached hydrogen (secondary N) is 1. The Hall–Kier alpha value is -4.17. The summed E-state index contributed by atoms with van der Waals surface area (Å²) >= 11 is 6.41. The second kappa shape index (κ2) is 9.54. The number of carbonyl (C=O) groups is 2. The van der Waals surface area contributed by atoms with E-state index in [1.165, 1.54) is 19.4 Å². The molecule has 4 rings (SSSR count). The van der Waals surface area contributed by atoms with Crippen molar-refractivity contribution < 1.29 is 18.7 Å². The van der Waals surface area contributed by atoms with Crippen molar-refractivity contribution in [3.63, 3.8) is 0 Å². The van der Waals surface area contributed by atoms with Crippen LogP contribution >= 0.6 is 11.6 Å². The first-order valence-corrected chi connectivity index (χ1v) is 10.2. The molecule has 0 unspecified atom stereocenters. The van der Waals surface area contributed by atoms with Crippen molar-refractivity contribution in [1.29, 1.82) is 0 Å². The second-order valence-corrected chi connectivity index (χ2v) is 7.49. The zero-order valence-electron chi connectivity index (χ0n) is 17.5. The molecule has 0 spiro atoms. The maximum Gasteiger partial charge on any atom is 0.339 e. The van der Waals surface area contributed by atoms with Crippen LogP contribution in [0, 0.1) is 0 Å². The van der Waals surface area contributed by atoms with Gasteiger partial charge in [-0.25, -0.2) is 9.78 Å². The van der Waals surface area contributed by atoms with Crippen LogP contribution in [0.5, 0.6) is 0 Å². The lowest BCUT2D eigenvalue weighted by atomic mass is 10.1. The number of esters is 1. The van der Waals surface area contributed by atoms with E-state index in [-0.39, 0.29) is 12.5 Å². The quantitative estimate of drug-likeness (QED) is 0.324. The Bertz CT molecular complexity index is 1350. The lowest BCUT2D eigenvalue weighted by molar-refractivity contribution is -0.116. The first-order valence-electron chi connectivity index (χ1n) is 9.87. The summed E-state index contributed by atoms with van der Waals surface area (Å²) in [7, 11) is 1.32. The van der Waals surface area contributed by atoms with E-state index < -0.39 is 5.97 Å². The number of hydrogen-bond donors (Lipinski definition) is 2. The van der Waals surface area contributed by atoms with Crippen molar-refractivity contribution in [1.82, 2.24) is 15.3 Å². The molecule has 0 radical (unpaired) electrons. The molecule has 0 saturated heterocycles. The lowest BCUT2D eigenvalue weighted by Crippen LogP contribution is -2.19. The van der Waals surface area contributed by atoms with Gasteiger partial charge < -0.3 is 20.2 Å². The van der Waals surface area contributed by atoms with Crippen LogP contribution in [-0.4, -0.2) is 29.0 Å². The van der Waals surface area contributed by atoms with Crippen molar-refractivity contribution in [3.8, 4) is 11.3 Å². The summed E-state index contributed by atoms with van der Waals surface area (Å²) in [5.41, 5.74) is 8.59. The summed E-state index contributed by atoms with van der Waals surface area (Å²) in [6.45, 7) is 0.190. The summed E-state index contributed by atoms with van der Waals surface area (Å²) in [5, 5.41) is 3.95. The van der Waals surface area contributed by atoms with E-state index in [2.05, 4.69) is 20.0 Å². The lowest BCUT2D eigenvalue weighted by Gasteiger charge is -2.04. The number of hydrogen-bond acceptors (Lipinski definition) is 7. The highest BCUT2D eigenvalue weighted by molar-refractivity contribution is 6.35. The first kappa shape index (κ1) is 22.0. The molecule has 9 heteroatoms. The number of aromatic nitrogens is 2. The molecule has 3 N–H and O–H groups in total. The van der Waals surface area contributed by atoms with Crippen molar-refractivity contribution in [2.75, 3.05) is 12.8 Å². The SMILES string of the molecule is COC(=O)c1ccc(-c2cc(Cl)c3oc(CNC(=O)C=Cc4ccc(N)nc4)cc3c2)nc1. The van der Waals surface area contributed by atoms with E-state index in [0.717, 1.165) is 16.5 Å². The number of carbonyl (C=O) groups excluding carboxylic acids is 2. The van der Waals surface area contributed by atoms with Crippen molar-refractivity contribution >= 4 is 46.3 Å². The number of rotatable bonds is 6. The highest BCUT2D eigenvalue weighted by Gasteiger charge is 2.13. The van der Waals surface area contributed by atoms with Crippen LogP contribution in [0.1, 0.15) is 21.7 Å². The van der Waals surface area contributed by atoms with E-state index in [1.807, 2.05) is 6.07 Å². The van der Waals surface area contributed by atoms with Gasteiger partial charge in [0, 0.05) is 29.4 Å². The smallest absolute Gasteiger partial charge is 0.339 e. The number of methoxy groups -OCH3 is 1. The molecule has 0 aliphatic heterocycles. The molecule has 0 aliphatic carbocycles. The minimum Gasteiger partial charge on any atom is -0.465 e. The summed E-state index contributed by atoms with van der Waals surface area (Å²) in [4.78, 5) is 32.0. The number of nitrogens with zero attached hydrogens (tertiary/aromatic N) is 2. The molecule has 8 nitrogen and oxygen atoms in total. The molecule has 3 aromatic heterocycles. The van der Waals surface area contributed by atoms with Gasteiger partial charge in [0.25, 0.3) is 0 Å². The highest BCUT2D eigenvalue weighted by Crippen LogP contribution is 2.32. The molecule has 3 heterocycles. The second-order valence-electron chi connectivity index (χ2n) is 7.08. The number of nitrogen functional groups attached to an aromatic ring is 1. The Morgan fingerprint density at radius 3 is 2.70 bits per heavy atom. The zero-order valence-corrected chi connectivity index (χ0v) is 18.3. The number of amides is 1. The molecular formula is C24H19ClN4O4. The minimum atomic E-state index is -0.455. The van der Waals surface area contributed by atoms with Crippen molar-refractivity contribution in [2.45, 2.75) is 6.54 Å². The average molecular weight is 463 g/mol. The number of furan rings is 1. The molecule has 1 amide bonds. The maximum absolute atomic E-state index is 12.1.